The van der Waals surface area contributed by atoms with Crippen LogP contribution in [0.4, 0.5) is 5.69 Å². The van der Waals surface area contributed by atoms with Crippen LogP contribution in [0.2, 0.25) is 0 Å². The molecule has 2 aromatic carbocycles. The Hall–Kier alpha value is -2.35. The highest BCUT2D eigenvalue weighted by atomic mass is 127. The number of hydrogen-bond donors (Lipinski definition) is 2. The fourth-order valence-electron chi connectivity index (χ4n) is 3.44. The van der Waals surface area contributed by atoms with Gasteiger partial charge in [0.15, 0.2) is 5.96 Å². The molecule has 0 spiro atoms. The zero-order valence-electron chi connectivity index (χ0n) is 15.1. The van der Waals surface area contributed by atoms with E-state index in [0.29, 0.717) is 12.5 Å². The SMILES string of the molecule is I.NC(=NCc1ccccc1Cn1cccn1)Nc1ccc2c(c1)CCC2. The molecule has 4 rings (SSSR count). The molecular weight excluding hydrogens is 449 g/mol. The van der Waals surface area contributed by atoms with Crippen molar-refractivity contribution < 1.29 is 0 Å². The minimum Gasteiger partial charge on any atom is -0.370 e. The molecule has 0 amide bonds. The van der Waals surface area contributed by atoms with Gasteiger partial charge in [-0.2, -0.15) is 5.10 Å². The van der Waals surface area contributed by atoms with E-state index in [1.807, 2.05) is 29.1 Å². The molecule has 6 heteroatoms. The maximum Gasteiger partial charge on any atom is 0.193 e. The van der Waals surface area contributed by atoms with Gasteiger partial charge in [-0.15, -0.1) is 24.0 Å². The first-order chi connectivity index (χ1) is 12.8. The van der Waals surface area contributed by atoms with Crippen LogP contribution in [-0.2, 0) is 25.9 Å². The van der Waals surface area contributed by atoms with Crippen molar-refractivity contribution in [2.45, 2.75) is 32.4 Å². The Balaban J connectivity index is 0.00000210. The monoisotopic (exact) mass is 473 g/mol. The molecule has 1 aliphatic carbocycles. The van der Waals surface area contributed by atoms with Crippen LogP contribution < -0.4 is 11.1 Å². The number of rotatable bonds is 5. The number of aryl methyl sites for hydroxylation is 2. The second kappa shape index (κ2) is 9.03. The maximum absolute atomic E-state index is 6.11. The van der Waals surface area contributed by atoms with Crippen molar-refractivity contribution in [3.63, 3.8) is 0 Å². The zero-order valence-corrected chi connectivity index (χ0v) is 17.5. The third kappa shape index (κ3) is 4.88. The van der Waals surface area contributed by atoms with Gasteiger partial charge in [0.1, 0.15) is 0 Å². The molecule has 0 bridgehead atoms. The summed E-state index contributed by atoms with van der Waals surface area (Å²) in [7, 11) is 0. The van der Waals surface area contributed by atoms with Crippen LogP contribution >= 0.6 is 24.0 Å². The van der Waals surface area contributed by atoms with Gasteiger partial charge in [-0.3, -0.25) is 4.68 Å². The highest BCUT2D eigenvalue weighted by molar-refractivity contribution is 14.0. The van der Waals surface area contributed by atoms with Gasteiger partial charge in [0, 0.05) is 18.1 Å². The smallest absolute Gasteiger partial charge is 0.193 e. The number of aliphatic imine (C=N–C) groups is 1. The lowest BCUT2D eigenvalue weighted by molar-refractivity contribution is 0.681. The van der Waals surface area contributed by atoms with Crippen molar-refractivity contribution in [3.8, 4) is 0 Å². The van der Waals surface area contributed by atoms with Gasteiger partial charge in [-0.1, -0.05) is 30.3 Å². The van der Waals surface area contributed by atoms with E-state index in [4.69, 9.17) is 5.73 Å². The third-order valence-corrected chi connectivity index (χ3v) is 4.80. The lowest BCUT2D eigenvalue weighted by Gasteiger charge is -2.10. The van der Waals surface area contributed by atoms with Crippen LogP contribution in [0, 0.1) is 0 Å². The Morgan fingerprint density at radius 1 is 1.07 bits per heavy atom. The average Bonchev–Trinajstić information content (AvgIpc) is 3.32. The molecule has 3 N–H and O–H groups in total. The number of nitrogens with one attached hydrogen (secondary N) is 1. The topological polar surface area (TPSA) is 68.2 Å². The summed E-state index contributed by atoms with van der Waals surface area (Å²) in [6, 6.07) is 16.7. The fourth-order valence-corrected chi connectivity index (χ4v) is 3.44. The van der Waals surface area contributed by atoms with E-state index in [9.17, 15) is 0 Å². The summed E-state index contributed by atoms with van der Waals surface area (Å²) in [5.74, 6) is 0.442. The first-order valence-electron chi connectivity index (χ1n) is 9.01. The van der Waals surface area contributed by atoms with Crippen molar-refractivity contribution >= 4 is 35.6 Å². The van der Waals surface area contributed by atoms with Crippen molar-refractivity contribution in [2.24, 2.45) is 10.7 Å². The second-order valence-electron chi connectivity index (χ2n) is 6.64. The van der Waals surface area contributed by atoms with Crippen LogP contribution in [0.15, 0.2) is 65.9 Å². The molecule has 1 heterocycles. The third-order valence-electron chi connectivity index (χ3n) is 4.80. The van der Waals surface area contributed by atoms with E-state index in [1.54, 1.807) is 6.20 Å². The number of guanidine groups is 1. The van der Waals surface area contributed by atoms with Gasteiger partial charge in [0.05, 0.1) is 13.1 Å². The summed E-state index contributed by atoms with van der Waals surface area (Å²) < 4.78 is 1.91. The molecule has 3 aromatic rings. The summed E-state index contributed by atoms with van der Waals surface area (Å²) >= 11 is 0. The van der Waals surface area contributed by atoms with Crippen LogP contribution in [0.3, 0.4) is 0 Å². The van der Waals surface area contributed by atoms with Crippen molar-refractivity contribution in [2.75, 3.05) is 5.32 Å². The number of anilines is 1. The van der Waals surface area contributed by atoms with Crippen LogP contribution in [0.5, 0.6) is 0 Å². The van der Waals surface area contributed by atoms with E-state index in [-0.39, 0.29) is 24.0 Å². The molecule has 1 aliphatic rings. The lowest BCUT2D eigenvalue weighted by atomic mass is 10.1. The normalized spacial score (nSPS) is 13.1. The summed E-state index contributed by atoms with van der Waals surface area (Å²) in [5, 5.41) is 7.49. The molecule has 5 nitrogen and oxygen atoms in total. The Morgan fingerprint density at radius 2 is 1.89 bits per heavy atom. The van der Waals surface area contributed by atoms with Gasteiger partial charge in [-0.25, -0.2) is 4.99 Å². The van der Waals surface area contributed by atoms with Gasteiger partial charge in [0.25, 0.3) is 0 Å². The highest BCUT2D eigenvalue weighted by Gasteiger charge is 2.11. The number of hydrogen-bond acceptors (Lipinski definition) is 2. The standard InChI is InChI=1S/C21H23N5.HI/c22-21(25-20-10-9-16-7-3-8-17(16)13-20)23-14-18-5-1-2-6-19(18)15-26-12-4-11-24-26;/h1-2,4-6,9-13H,3,7-8,14-15H2,(H3,22,23,25);1H. The summed E-state index contributed by atoms with van der Waals surface area (Å²) in [6.07, 6.45) is 7.34. The molecular formula is C21H24IN5. The molecule has 0 aliphatic heterocycles. The predicted molar refractivity (Wildman–Crippen MR) is 121 cm³/mol. The van der Waals surface area contributed by atoms with Gasteiger partial charge < -0.3 is 11.1 Å². The number of aromatic nitrogens is 2. The number of halogens is 1. The minimum absolute atomic E-state index is 0. The van der Waals surface area contributed by atoms with Gasteiger partial charge >= 0.3 is 0 Å². The van der Waals surface area contributed by atoms with Crippen LogP contribution in [0.1, 0.15) is 28.7 Å². The van der Waals surface area contributed by atoms with E-state index in [2.05, 4.69) is 45.7 Å². The number of fused-ring (bicyclic) bond motifs is 1. The van der Waals surface area contributed by atoms with E-state index in [0.717, 1.165) is 24.2 Å². The second-order valence-corrected chi connectivity index (χ2v) is 6.64. The molecule has 140 valence electrons. The molecule has 0 radical (unpaired) electrons. The van der Waals surface area contributed by atoms with E-state index >= 15 is 0 Å². The van der Waals surface area contributed by atoms with Gasteiger partial charge in [0.2, 0.25) is 0 Å². The molecule has 0 saturated carbocycles. The molecule has 0 fully saturated rings. The maximum atomic E-state index is 6.11. The first kappa shape index (κ1) is 19.4. The highest BCUT2D eigenvalue weighted by Crippen LogP contribution is 2.24. The molecule has 0 unspecified atom stereocenters. The van der Waals surface area contributed by atoms with Crippen molar-refractivity contribution in [1.82, 2.24) is 9.78 Å². The average molecular weight is 473 g/mol. The molecule has 27 heavy (non-hydrogen) atoms. The first-order valence-corrected chi connectivity index (χ1v) is 9.01. The molecule has 1 aromatic heterocycles. The quantitative estimate of drug-likeness (QED) is 0.335. The lowest BCUT2D eigenvalue weighted by Crippen LogP contribution is -2.22. The largest absolute Gasteiger partial charge is 0.370 e. The molecule has 0 atom stereocenters. The Bertz CT molecular complexity index is 918. The van der Waals surface area contributed by atoms with Crippen LogP contribution in [-0.4, -0.2) is 15.7 Å². The van der Waals surface area contributed by atoms with Crippen molar-refractivity contribution in [1.29, 1.82) is 0 Å². The van der Waals surface area contributed by atoms with Crippen LogP contribution in [0.25, 0.3) is 0 Å². The van der Waals surface area contributed by atoms with E-state index < -0.39 is 0 Å². The number of benzene rings is 2. The Kier molecular flexibility index (Phi) is 6.49. The summed E-state index contributed by atoms with van der Waals surface area (Å²) in [5.41, 5.74) is 12.4. The zero-order chi connectivity index (χ0) is 17.8. The van der Waals surface area contributed by atoms with Gasteiger partial charge in [-0.05, 0) is 59.7 Å². The molecule has 0 saturated heterocycles. The Labute approximate surface area is 176 Å². The number of nitrogens with two attached hydrogens (primary N) is 1. The van der Waals surface area contributed by atoms with E-state index in [1.165, 1.54) is 29.5 Å². The summed E-state index contributed by atoms with van der Waals surface area (Å²) in [6.45, 7) is 1.28. The number of nitrogens with zero attached hydrogens (tertiary/aromatic N) is 3. The van der Waals surface area contributed by atoms with Crippen molar-refractivity contribution in [3.05, 3.63) is 83.2 Å². The minimum atomic E-state index is 0. The fraction of sp³-hybridized carbons (Fsp3) is 0.238. The Morgan fingerprint density at radius 3 is 2.70 bits per heavy atom. The predicted octanol–water partition coefficient (Wildman–Crippen LogP) is 3.96. The summed E-state index contributed by atoms with van der Waals surface area (Å²) in [4.78, 5) is 4.53.